The summed E-state index contributed by atoms with van der Waals surface area (Å²) in [7, 11) is 0. The van der Waals surface area contributed by atoms with Crippen LogP contribution < -0.4 is 20.7 Å². The molecule has 3 aromatic rings. The van der Waals surface area contributed by atoms with Crippen LogP contribution in [0.25, 0.3) is 0 Å². The summed E-state index contributed by atoms with van der Waals surface area (Å²) in [6.45, 7) is 5.09. The number of hydrogen-bond donors (Lipinski definition) is 2. The topological polar surface area (TPSA) is 76.6 Å². The first-order valence-electron chi connectivity index (χ1n) is 15.1. The van der Waals surface area contributed by atoms with Crippen LogP contribution in [0.15, 0.2) is 108 Å². The van der Waals surface area contributed by atoms with E-state index in [1.54, 1.807) is 18.3 Å². The van der Waals surface area contributed by atoms with E-state index >= 15 is 0 Å². The number of allylic oxidation sites excluding steroid dienone is 4. The maximum absolute atomic E-state index is 13.6. The molecule has 1 unspecified atom stereocenters. The van der Waals surface area contributed by atoms with Gasteiger partial charge >= 0.3 is 6.03 Å². The van der Waals surface area contributed by atoms with Crippen molar-refractivity contribution >= 4 is 17.5 Å². The highest BCUT2D eigenvalue weighted by Gasteiger charge is 2.39. The van der Waals surface area contributed by atoms with Crippen molar-refractivity contribution in [3.8, 4) is 0 Å². The van der Waals surface area contributed by atoms with Crippen molar-refractivity contribution in [1.29, 1.82) is 0 Å². The Morgan fingerprint density at radius 1 is 1.07 bits per heavy atom. The van der Waals surface area contributed by atoms with E-state index in [1.807, 2.05) is 46.6 Å². The molecule has 7 rings (SSSR count). The standard InChI is InChI=1S/C34H36FN7O/c1-23-29-22-38-42(28-11-9-27(35)10-12-28)31(29)20-25-8-7-24(33(23)25)19-30(26-5-4-13-36-21-26)39-34(43)41-17-15-40(16-18-41)32-6-2-3-14-37-32/h2-6,9-14,20-24,30,38H,7-8,15-19H2,1H3,(H,39,43)/t23-,24+,30?/m0/s1. The van der Waals surface area contributed by atoms with Gasteiger partial charge in [-0.25, -0.2) is 14.2 Å². The quantitative estimate of drug-likeness (QED) is 0.390. The van der Waals surface area contributed by atoms with Gasteiger partial charge in [-0.2, -0.15) is 0 Å². The zero-order valence-electron chi connectivity index (χ0n) is 24.3. The molecular formula is C34H36FN7O. The Labute approximate surface area is 251 Å². The second kappa shape index (κ2) is 11.6. The molecule has 1 saturated heterocycles. The third-order valence-electron chi connectivity index (χ3n) is 9.23. The van der Waals surface area contributed by atoms with E-state index < -0.39 is 0 Å². The summed E-state index contributed by atoms with van der Waals surface area (Å²) < 4.78 is 13.6. The first-order valence-corrected chi connectivity index (χ1v) is 15.1. The zero-order valence-corrected chi connectivity index (χ0v) is 24.3. The summed E-state index contributed by atoms with van der Waals surface area (Å²) in [5.41, 5.74) is 10.5. The molecule has 3 atom stereocenters. The van der Waals surface area contributed by atoms with Crippen LogP contribution in [0.4, 0.5) is 20.7 Å². The van der Waals surface area contributed by atoms with Crippen LogP contribution in [0, 0.1) is 17.7 Å². The van der Waals surface area contributed by atoms with Crippen LogP contribution in [0.3, 0.4) is 0 Å². The molecule has 0 saturated carbocycles. The predicted molar refractivity (Wildman–Crippen MR) is 165 cm³/mol. The molecule has 1 fully saturated rings. The lowest BCUT2D eigenvalue weighted by Gasteiger charge is -2.36. The van der Waals surface area contributed by atoms with Gasteiger partial charge in [0.25, 0.3) is 0 Å². The van der Waals surface area contributed by atoms with Crippen LogP contribution in [-0.4, -0.2) is 47.1 Å². The Kier molecular flexibility index (Phi) is 7.30. The first-order chi connectivity index (χ1) is 21.0. The molecule has 2 aromatic heterocycles. The van der Waals surface area contributed by atoms with Gasteiger partial charge in [0.15, 0.2) is 0 Å². The van der Waals surface area contributed by atoms with E-state index in [2.05, 4.69) is 50.9 Å². The van der Waals surface area contributed by atoms with Gasteiger partial charge in [-0.3, -0.25) is 9.99 Å². The molecule has 4 heterocycles. The van der Waals surface area contributed by atoms with Crippen molar-refractivity contribution < 1.29 is 9.18 Å². The monoisotopic (exact) mass is 577 g/mol. The average Bonchev–Trinajstić information content (AvgIpc) is 3.67. The largest absolute Gasteiger partial charge is 0.353 e. The molecule has 2 amide bonds. The van der Waals surface area contributed by atoms with Crippen LogP contribution in [-0.2, 0) is 0 Å². The number of benzene rings is 1. The number of carbonyl (C=O) groups is 1. The molecule has 43 heavy (non-hydrogen) atoms. The summed E-state index contributed by atoms with van der Waals surface area (Å²) in [6, 6.07) is 16.3. The minimum absolute atomic E-state index is 0.0294. The third-order valence-corrected chi connectivity index (χ3v) is 9.23. The second-order valence-electron chi connectivity index (χ2n) is 11.7. The summed E-state index contributed by atoms with van der Waals surface area (Å²) in [5, 5.41) is 5.42. The summed E-state index contributed by atoms with van der Waals surface area (Å²) >= 11 is 0. The van der Waals surface area contributed by atoms with Crippen molar-refractivity contribution in [3.63, 3.8) is 0 Å². The molecule has 9 heteroatoms. The maximum Gasteiger partial charge on any atom is 0.318 e. The number of amides is 2. The molecule has 220 valence electrons. The Morgan fingerprint density at radius 2 is 1.91 bits per heavy atom. The van der Waals surface area contributed by atoms with Crippen molar-refractivity contribution in [2.45, 2.75) is 32.2 Å². The number of urea groups is 1. The first kappa shape index (κ1) is 27.2. The van der Waals surface area contributed by atoms with Gasteiger partial charge in [-0.15, -0.1) is 0 Å². The fourth-order valence-electron chi connectivity index (χ4n) is 7.03. The van der Waals surface area contributed by atoms with Crippen molar-refractivity contribution in [2.75, 3.05) is 36.1 Å². The van der Waals surface area contributed by atoms with Crippen LogP contribution >= 0.6 is 0 Å². The van der Waals surface area contributed by atoms with E-state index in [0.29, 0.717) is 19.0 Å². The van der Waals surface area contributed by atoms with Gasteiger partial charge in [0.2, 0.25) is 0 Å². The lowest BCUT2D eigenvalue weighted by Crippen LogP contribution is -2.52. The van der Waals surface area contributed by atoms with Crippen LogP contribution in [0.1, 0.15) is 37.8 Å². The van der Waals surface area contributed by atoms with Crippen LogP contribution in [0.5, 0.6) is 0 Å². The lowest BCUT2D eigenvalue weighted by atomic mass is 9.78. The Bertz CT molecular complexity index is 1560. The molecule has 0 spiro atoms. The SMILES string of the molecule is C[C@H]1C2=CNN(c3ccc(F)cc3)C2=CC2=C1[C@@H](CC(NC(=O)N1CCN(c3ccccn3)CC1)c1cccnc1)CC2. The molecule has 2 aliphatic carbocycles. The average molecular weight is 578 g/mol. The number of hydrogen-bond acceptors (Lipinski definition) is 6. The zero-order chi connectivity index (χ0) is 29.3. The highest BCUT2D eigenvalue weighted by atomic mass is 19.1. The molecule has 0 radical (unpaired) electrons. The second-order valence-corrected chi connectivity index (χ2v) is 11.7. The minimum atomic E-state index is -0.243. The van der Waals surface area contributed by atoms with Gasteiger partial charge < -0.3 is 20.5 Å². The fraction of sp³-hybridized carbons (Fsp3) is 0.324. The Morgan fingerprint density at radius 3 is 2.65 bits per heavy atom. The summed E-state index contributed by atoms with van der Waals surface area (Å²) in [4.78, 5) is 26.6. The van der Waals surface area contributed by atoms with E-state index in [9.17, 15) is 9.18 Å². The number of aromatic nitrogens is 2. The van der Waals surface area contributed by atoms with Gasteiger partial charge in [0.05, 0.1) is 17.4 Å². The maximum atomic E-state index is 13.6. The number of piperazine rings is 1. The predicted octanol–water partition coefficient (Wildman–Crippen LogP) is 5.73. The van der Waals surface area contributed by atoms with Gasteiger partial charge in [-0.1, -0.05) is 24.6 Å². The number of rotatable bonds is 6. The normalized spacial score (nSPS) is 22.0. The Balaban J connectivity index is 1.07. The van der Waals surface area contributed by atoms with Crippen molar-refractivity contribution in [2.24, 2.45) is 11.8 Å². The van der Waals surface area contributed by atoms with Crippen LogP contribution in [0.2, 0.25) is 0 Å². The van der Waals surface area contributed by atoms with Gasteiger partial charge in [0.1, 0.15) is 11.6 Å². The number of pyridine rings is 2. The molecular weight excluding hydrogens is 541 g/mol. The highest BCUT2D eigenvalue weighted by Crippen LogP contribution is 2.49. The summed E-state index contributed by atoms with van der Waals surface area (Å²) in [6.07, 6.45) is 12.7. The van der Waals surface area contributed by atoms with E-state index in [4.69, 9.17) is 0 Å². The van der Waals surface area contributed by atoms with Crippen molar-refractivity contribution in [1.82, 2.24) is 25.6 Å². The fourth-order valence-corrected chi connectivity index (χ4v) is 7.03. The third kappa shape index (κ3) is 5.35. The molecule has 2 aliphatic heterocycles. The number of hydrazine groups is 1. The molecule has 0 bridgehead atoms. The number of halogens is 1. The van der Waals surface area contributed by atoms with E-state index in [-0.39, 0.29) is 23.8 Å². The molecule has 8 nitrogen and oxygen atoms in total. The highest BCUT2D eigenvalue weighted by molar-refractivity contribution is 5.75. The van der Waals surface area contributed by atoms with Gasteiger partial charge in [0, 0.05) is 62.5 Å². The number of nitrogens with one attached hydrogen (secondary N) is 2. The van der Waals surface area contributed by atoms with E-state index in [1.165, 1.54) is 28.9 Å². The van der Waals surface area contributed by atoms with E-state index in [0.717, 1.165) is 55.1 Å². The minimum Gasteiger partial charge on any atom is -0.353 e. The molecule has 2 N–H and O–H groups in total. The smallest absolute Gasteiger partial charge is 0.318 e. The summed E-state index contributed by atoms with van der Waals surface area (Å²) in [5.74, 6) is 1.29. The number of fused-ring (bicyclic) bond motifs is 1. The molecule has 1 aromatic carbocycles. The lowest BCUT2D eigenvalue weighted by molar-refractivity contribution is 0.188. The van der Waals surface area contributed by atoms with Crippen molar-refractivity contribution in [3.05, 3.63) is 119 Å². The van der Waals surface area contributed by atoms with Gasteiger partial charge in [-0.05, 0) is 84.9 Å². The Hall–Kier alpha value is -4.66. The molecule has 4 aliphatic rings. The number of anilines is 2. The number of nitrogens with zero attached hydrogens (tertiary/aromatic N) is 5. The number of carbonyl (C=O) groups excluding carboxylic acids is 1.